The van der Waals surface area contributed by atoms with Gasteiger partial charge in [0.2, 0.25) is 0 Å². The number of hydrogen-bond donors (Lipinski definition) is 0. The number of hydrogen-bond acceptors (Lipinski definition) is 1. The van der Waals surface area contributed by atoms with E-state index in [1.807, 2.05) is 0 Å². The van der Waals surface area contributed by atoms with Crippen LogP contribution in [0.15, 0.2) is 4.42 Å². The summed E-state index contributed by atoms with van der Waals surface area (Å²) in [5.41, 5.74) is -5.45. The van der Waals surface area contributed by atoms with Crippen LogP contribution in [0.1, 0.15) is 0 Å². The lowest BCUT2D eigenvalue weighted by Gasteiger charge is -2.33. The summed E-state index contributed by atoms with van der Waals surface area (Å²) >= 11 is 0. The second kappa shape index (κ2) is 18.1. The van der Waals surface area contributed by atoms with Gasteiger partial charge in [-0.2, -0.15) is 0 Å². The molecule has 10 rings (SSSR count). The normalized spacial score (nSPS) is 11.9. The van der Waals surface area contributed by atoms with Gasteiger partial charge < -0.3 is 4.42 Å². The summed E-state index contributed by atoms with van der Waals surface area (Å²) in [6.07, 6.45) is 0. The molecule has 9 aromatic carbocycles. The largest absolute Gasteiger partial charge is 0.457 e. The average molecular weight is 871 g/mol. The van der Waals surface area contributed by atoms with Crippen molar-refractivity contribution in [2.45, 2.75) is 0 Å². The molecule has 0 amide bonds. The molecule has 0 saturated heterocycles. The summed E-state index contributed by atoms with van der Waals surface area (Å²) < 4.78 is 6.39. The highest BCUT2D eigenvalue weighted by molar-refractivity contribution is 6.78. The third kappa shape index (κ3) is 6.85. The van der Waals surface area contributed by atoms with E-state index < -0.39 is 0 Å². The van der Waals surface area contributed by atoms with E-state index in [9.17, 15) is 0 Å². The first kappa shape index (κ1) is 54.0. The van der Waals surface area contributed by atoms with Gasteiger partial charge in [-0.05, 0) is 76.5 Å². The fourth-order valence-corrected chi connectivity index (χ4v) is 10.7. The van der Waals surface area contributed by atoms with Crippen LogP contribution in [0.4, 0.5) is 0 Å². The van der Waals surface area contributed by atoms with Gasteiger partial charge in [-0.15, -0.1) is 60.1 Å². The van der Waals surface area contributed by atoms with Gasteiger partial charge in [0, 0.05) is 10.8 Å². The predicted octanol–water partition coefficient (Wildman–Crippen LogP) is -20.6. The van der Waals surface area contributed by atoms with Gasteiger partial charge in [-0.1, -0.05) is 92.9 Å². The smallest absolute Gasteiger partial charge is 0.128 e. The van der Waals surface area contributed by atoms with Crippen LogP contribution in [-0.2, 0) is 0 Å². The van der Waals surface area contributed by atoms with Gasteiger partial charge in [-0.25, -0.2) is 0 Å². The maximum atomic E-state index is 7.47. The molecule has 0 fully saturated rings. The van der Waals surface area contributed by atoms with Crippen molar-refractivity contribution in [1.29, 1.82) is 0 Å². The molecule has 1 heterocycles. The third-order valence-corrected chi connectivity index (χ3v) is 14.7. The Labute approximate surface area is 472 Å². The summed E-state index contributed by atoms with van der Waals surface area (Å²) in [6, 6.07) is 0. The van der Waals surface area contributed by atoms with Crippen LogP contribution in [-0.4, -0.2) is 220 Å². The van der Waals surface area contributed by atoms with Crippen molar-refractivity contribution >= 4 is 438 Å². The lowest BCUT2D eigenvalue weighted by molar-refractivity contribution is 0.675. The van der Waals surface area contributed by atoms with E-state index >= 15 is 0 Å². The van der Waals surface area contributed by atoms with Gasteiger partial charge in [0.1, 0.15) is 231 Å². The van der Waals surface area contributed by atoms with Crippen molar-refractivity contribution < 1.29 is 4.42 Å². The quantitative estimate of drug-likeness (QED) is 0.127. The minimum Gasteiger partial charge on any atom is -0.457 e. The van der Waals surface area contributed by atoms with E-state index in [1.54, 1.807) is 0 Å². The molecule has 0 bridgehead atoms. The van der Waals surface area contributed by atoms with E-state index in [-0.39, 0.29) is 251 Å². The number of rotatable bonds is 3. The van der Waals surface area contributed by atoms with Crippen LogP contribution >= 0.6 is 0 Å². The van der Waals surface area contributed by atoms with Gasteiger partial charge in [-0.3, -0.25) is 0 Å². The molecule has 0 aliphatic heterocycles. The standard InChI is InChI=1S/C46B28O/c47-17-3(8-12(26(56)38(68)36(66)24(8)54)18(48)14(17)15-28(58)40(70)42(72)41(71)29(15)59)1-4-6(22(52)34(64)32(62)20(4)50)2(7-5(1)21(51)33(63)35(65)23(7)53)11-19(49)16-10-9-13(27(57)39(69)37(67)25(9)55)31(61)43(73)45(10)75-46(16)44(74)30(11)60. The maximum absolute atomic E-state index is 7.47. The zero-order valence-corrected chi connectivity index (χ0v) is 39.6. The molecule has 0 N–H and O–H groups in total. The molecule has 29 heteroatoms. The van der Waals surface area contributed by atoms with E-state index in [2.05, 4.69) is 0 Å². The minimum atomic E-state index is -0.260. The predicted molar refractivity (Wildman–Crippen MR) is 351 cm³/mol. The summed E-state index contributed by atoms with van der Waals surface area (Å²) in [6.45, 7) is 0. The first-order valence-electron chi connectivity index (χ1n) is 22.0. The minimum absolute atomic E-state index is 0.0290. The topological polar surface area (TPSA) is 13.1 Å². The number of furan rings is 1. The van der Waals surface area contributed by atoms with Crippen molar-refractivity contribution in [2.75, 3.05) is 0 Å². The lowest BCUT2D eigenvalue weighted by Crippen LogP contribution is -2.56. The first-order chi connectivity index (χ1) is 35.0. The summed E-state index contributed by atoms with van der Waals surface area (Å²) in [5.74, 6) is 0. The molecule has 0 atom stereocenters. The molecular weight excluding hydrogens is 871 g/mol. The second-order valence-corrected chi connectivity index (χ2v) is 18.3. The molecule has 10 aromatic rings. The molecule has 1 aromatic heterocycles. The Morgan fingerprint density at radius 2 is 0.333 bits per heavy atom. The Morgan fingerprint density at radius 3 is 0.733 bits per heavy atom. The highest BCUT2D eigenvalue weighted by Gasteiger charge is 2.32. The Morgan fingerprint density at radius 1 is 0.120 bits per heavy atom. The van der Waals surface area contributed by atoms with Gasteiger partial charge in [0.25, 0.3) is 0 Å². The Balaban J connectivity index is 1.57. The number of fused-ring (bicyclic) bond motifs is 8. The molecule has 56 radical (unpaired) electrons. The van der Waals surface area contributed by atoms with Crippen LogP contribution < -0.4 is 153 Å². The molecule has 0 aliphatic rings. The second-order valence-electron chi connectivity index (χ2n) is 18.3. The molecular formula is C46B28O. The van der Waals surface area contributed by atoms with Crippen LogP contribution in [0, 0.1) is 0 Å². The maximum Gasteiger partial charge on any atom is 0.128 e. The van der Waals surface area contributed by atoms with Crippen molar-refractivity contribution in [1.82, 2.24) is 0 Å². The van der Waals surface area contributed by atoms with Crippen molar-refractivity contribution in [2.24, 2.45) is 0 Å². The Hall–Kier alpha value is -4.36. The van der Waals surface area contributed by atoms with Crippen LogP contribution in [0.25, 0.3) is 98.4 Å². The Kier molecular flexibility index (Phi) is 13.0. The molecule has 274 valence electrons. The first-order valence-corrected chi connectivity index (χ1v) is 22.0. The van der Waals surface area contributed by atoms with Gasteiger partial charge in [0.05, 0.1) is 0 Å². The van der Waals surface area contributed by atoms with Crippen molar-refractivity contribution in [3.05, 3.63) is 0 Å². The highest BCUT2D eigenvalue weighted by Crippen LogP contribution is 2.42. The van der Waals surface area contributed by atoms with Crippen molar-refractivity contribution in [3.8, 4) is 33.4 Å². The molecule has 1 nitrogen and oxygen atoms in total. The zero-order valence-electron chi connectivity index (χ0n) is 39.6. The molecule has 0 saturated carbocycles. The number of benzene rings is 9. The van der Waals surface area contributed by atoms with E-state index in [4.69, 9.17) is 224 Å². The fourth-order valence-electron chi connectivity index (χ4n) is 10.7. The van der Waals surface area contributed by atoms with E-state index in [0.717, 1.165) is 0 Å². The monoisotopic (exact) mass is 876 g/mol. The zero-order chi connectivity index (χ0) is 55.3. The highest BCUT2D eigenvalue weighted by atomic mass is 16.3. The van der Waals surface area contributed by atoms with Crippen LogP contribution in [0.2, 0.25) is 0 Å². The summed E-state index contributed by atoms with van der Waals surface area (Å²) in [7, 11) is 191. The Bertz CT molecular complexity index is 4330. The van der Waals surface area contributed by atoms with Gasteiger partial charge in [0.15, 0.2) is 0 Å². The van der Waals surface area contributed by atoms with Crippen LogP contribution in [0.3, 0.4) is 0 Å². The molecule has 0 unspecified atom stereocenters. The van der Waals surface area contributed by atoms with Gasteiger partial charge >= 0.3 is 0 Å². The summed E-state index contributed by atoms with van der Waals surface area (Å²) in [5, 5.41) is 0.187. The average Bonchev–Trinajstić information content (AvgIpc) is 3.79. The lowest BCUT2D eigenvalue weighted by atomic mass is 9.55. The summed E-state index contributed by atoms with van der Waals surface area (Å²) in [4.78, 5) is 0. The van der Waals surface area contributed by atoms with Crippen molar-refractivity contribution in [3.63, 3.8) is 0 Å². The molecule has 75 heavy (non-hydrogen) atoms. The third-order valence-electron chi connectivity index (χ3n) is 14.7. The molecule has 0 spiro atoms. The van der Waals surface area contributed by atoms with Crippen LogP contribution in [0.5, 0.6) is 0 Å². The van der Waals surface area contributed by atoms with E-state index in [0.29, 0.717) is 0 Å². The SMILES string of the molecule is [B]c1c([B])c([B])c(-c2c([B])c(-c3c4c([B])c([B])c([B])c([B])c4c(-c4c([B])c([B])c5oc6c([B])c([B])c7c([B])c([B])c([B])c([B])c7c6c5c4[B])c4c([B])c([B])c([B])c([B])c34)c3c([B])c([B])c([B])c([B])c3c2[B])c([B])c1[B]. The fraction of sp³-hybridized carbons (Fsp3) is 0. The molecule has 0 aliphatic carbocycles. The van der Waals surface area contributed by atoms with E-state index in [1.165, 1.54) is 0 Å².